The minimum atomic E-state index is -0.858. The lowest BCUT2D eigenvalue weighted by Gasteiger charge is -2.16. The van der Waals surface area contributed by atoms with E-state index in [1.165, 1.54) is 11.9 Å². The third-order valence-electron chi connectivity index (χ3n) is 1.97. The number of carbonyl (C=O) groups is 1. The normalized spacial score (nSPS) is 10.1. The molecule has 0 fully saturated rings. The van der Waals surface area contributed by atoms with Gasteiger partial charge in [0, 0.05) is 26.2 Å². The van der Waals surface area contributed by atoms with Gasteiger partial charge in [0.05, 0.1) is 5.56 Å². The molecule has 1 aromatic carbocycles. The molecule has 0 saturated heterocycles. The predicted molar refractivity (Wildman–Crippen MR) is 52.4 cm³/mol. The van der Waals surface area contributed by atoms with E-state index in [0.717, 1.165) is 12.1 Å². The second-order valence-electron chi connectivity index (χ2n) is 3.14. The van der Waals surface area contributed by atoms with Gasteiger partial charge in [-0.3, -0.25) is 4.79 Å². The minimum absolute atomic E-state index is 0.146. The quantitative estimate of drug-likeness (QED) is 0.815. The fraction of sp³-hybridized carbons (Fsp3) is 0.300. The van der Waals surface area contributed by atoms with Crippen LogP contribution in [0.5, 0.6) is 0 Å². The number of halogens is 2. The average Bonchev–Trinajstić information content (AvgIpc) is 2.17. The van der Waals surface area contributed by atoms with Crippen molar-refractivity contribution in [3.05, 3.63) is 35.4 Å². The highest BCUT2D eigenvalue weighted by molar-refractivity contribution is 5.94. The summed E-state index contributed by atoms with van der Waals surface area (Å²) in [6.07, 6.45) is 0. The first-order chi connectivity index (χ1) is 7.06. The van der Waals surface area contributed by atoms with Gasteiger partial charge in [-0.05, 0) is 12.1 Å². The van der Waals surface area contributed by atoms with Gasteiger partial charge in [0.1, 0.15) is 11.6 Å². The number of hydrogen-bond donors (Lipinski definition) is 1. The maximum Gasteiger partial charge on any atom is 0.256 e. The van der Waals surface area contributed by atoms with Crippen molar-refractivity contribution in [1.82, 2.24) is 4.90 Å². The van der Waals surface area contributed by atoms with Gasteiger partial charge in [-0.25, -0.2) is 8.78 Å². The van der Waals surface area contributed by atoms with Crippen LogP contribution in [0.2, 0.25) is 0 Å². The second kappa shape index (κ2) is 4.84. The van der Waals surface area contributed by atoms with Gasteiger partial charge in [0.2, 0.25) is 0 Å². The SMILES string of the molecule is CN(CCN)C(=O)c1ccc(F)cc1F. The molecule has 0 atom stereocenters. The molecule has 0 saturated carbocycles. The zero-order valence-corrected chi connectivity index (χ0v) is 8.34. The molecule has 1 aromatic rings. The molecule has 0 radical (unpaired) electrons. The van der Waals surface area contributed by atoms with E-state index in [2.05, 4.69) is 0 Å². The number of rotatable bonds is 3. The van der Waals surface area contributed by atoms with E-state index in [-0.39, 0.29) is 5.56 Å². The Hall–Kier alpha value is -1.49. The summed E-state index contributed by atoms with van der Waals surface area (Å²) < 4.78 is 25.8. The molecule has 0 aliphatic carbocycles. The molecule has 0 heterocycles. The zero-order chi connectivity index (χ0) is 11.4. The maximum atomic E-state index is 13.2. The first-order valence-electron chi connectivity index (χ1n) is 4.47. The number of carbonyl (C=O) groups excluding carboxylic acids is 1. The van der Waals surface area contributed by atoms with E-state index < -0.39 is 17.5 Å². The third-order valence-corrected chi connectivity index (χ3v) is 1.97. The van der Waals surface area contributed by atoms with Crippen LogP contribution in [0.1, 0.15) is 10.4 Å². The van der Waals surface area contributed by atoms with E-state index in [1.54, 1.807) is 0 Å². The number of hydrogen-bond acceptors (Lipinski definition) is 2. The smallest absolute Gasteiger partial charge is 0.256 e. The van der Waals surface area contributed by atoms with Crippen molar-refractivity contribution in [1.29, 1.82) is 0 Å². The average molecular weight is 214 g/mol. The van der Waals surface area contributed by atoms with Crippen molar-refractivity contribution in [3.63, 3.8) is 0 Å². The Morgan fingerprint density at radius 3 is 2.67 bits per heavy atom. The summed E-state index contributed by atoms with van der Waals surface area (Å²) >= 11 is 0. The Morgan fingerprint density at radius 1 is 1.47 bits per heavy atom. The minimum Gasteiger partial charge on any atom is -0.340 e. The third kappa shape index (κ3) is 2.73. The maximum absolute atomic E-state index is 13.2. The summed E-state index contributed by atoms with van der Waals surface area (Å²) in [6, 6.07) is 2.86. The summed E-state index contributed by atoms with van der Waals surface area (Å²) in [5, 5.41) is 0. The van der Waals surface area contributed by atoms with E-state index in [4.69, 9.17) is 5.73 Å². The Labute approximate surface area is 86.5 Å². The van der Waals surface area contributed by atoms with Crippen molar-refractivity contribution in [2.45, 2.75) is 0 Å². The largest absolute Gasteiger partial charge is 0.340 e. The first kappa shape index (κ1) is 11.6. The Morgan fingerprint density at radius 2 is 2.13 bits per heavy atom. The van der Waals surface area contributed by atoms with Crippen molar-refractivity contribution in [3.8, 4) is 0 Å². The molecule has 0 spiro atoms. The van der Waals surface area contributed by atoms with Gasteiger partial charge in [-0.2, -0.15) is 0 Å². The van der Waals surface area contributed by atoms with E-state index >= 15 is 0 Å². The molecule has 0 aliphatic rings. The van der Waals surface area contributed by atoms with Gasteiger partial charge >= 0.3 is 0 Å². The lowest BCUT2D eigenvalue weighted by molar-refractivity contribution is 0.0794. The van der Waals surface area contributed by atoms with Gasteiger partial charge in [-0.15, -0.1) is 0 Å². The van der Waals surface area contributed by atoms with E-state index in [9.17, 15) is 13.6 Å². The van der Waals surface area contributed by atoms with Crippen LogP contribution in [0.4, 0.5) is 8.78 Å². The Bertz CT molecular complexity index is 368. The van der Waals surface area contributed by atoms with Crippen LogP contribution in [0, 0.1) is 11.6 Å². The van der Waals surface area contributed by atoms with E-state index in [1.807, 2.05) is 0 Å². The molecule has 82 valence electrons. The van der Waals surface area contributed by atoms with Crippen LogP contribution < -0.4 is 5.73 Å². The lowest BCUT2D eigenvalue weighted by atomic mass is 10.2. The van der Waals surface area contributed by atoms with Crippen molar-refractivity contribution in [2.24, 2.45) is 5.73 Å². The van der Waals surface area contributed by atoms with Crippen LogP contribution in [-0.4, -0.2) is 30.9 Å². The number of nitrogens with two attached hydrogens (primary N) is 1. The molecule has 0 unspecified atom stereocenters. The van der Waals surface area contributed by atoms with Crippen LogP contribution in [0.15, 0.2) is 18.2 Å². The van der Waals surface area contributed by atoms with Crippen LogP contribution in [-0.2, 0) is 0 Å². The van der Waals surface area contributed by atoms with Crippen LogP contribution >= 0.6 is 0 Å². The summed E-state index contributed by atoms with van der Waals surface area (Å²) in [7, 11) is 1.51. The molecule has 3 nitrogen and oxygen atoms in total. The monoisotopic (exact) mass is 214 g/mol. The fourth-order valence-electron chi connectivity index (χ4n) is 1.16. The van der Waals surface area contributed by atoms with Crippen molar-refractivity contribution >= 4 is 5.91 Å². The highest BCUT2D eigenvalue weighted by atomic mass is 19.1. The molecular formula is C10H12F2N2O. The van der Waals surface area contributed by atoms with Gasteiger partial charge in [0.15, 0.2) is 0 Å². The summed E-state index contributed by atoms with van der Waals surface area (Å²) in [4.78, 5) is 12.9. The molecule has 15 heavy (non-hydrogen) atoms. The molecule has 5 heteroatoms. The Balaban J connectivity index is 2.91. The standard InChI is InChI=1S/C10H12F2N2O/c1-14(5-4-13)10(15)8-3-2-7(11)6-9(8)12/h2-3,6H,4-5,13H2,1H3. The highest BCUT2D eigenvalue weighted by Crippen LogP contribution is 2.11. The van der Waals surface area contributed by atoms with Crippen molar-refractivity contribution < 1.29 is 13.6 Å². The second-order valence-corrected chi connectivity index (χ2v) is 3.14. The summed E-state index contributed by atoms with van der Waals surface area (Å²) in [6.45, 7) is 0.626. The number of amides is 1. The predicted octanol–water partition coefficient (Wildman–Crippen LogP) is 0.995. The molecular weight excluding hydrogens is 202 g/mol. The van der Waals surface area contributed by atoms with Gasteiger partial charge in [-0.1, -0.05) is 0 Å². The number of benzene rings is 1. The molecule has 0 aliphatic heterocycles. The van der Waals surface area contributed by atoms with Gasteiger partial charge < -0.3 is 10.6 Å². The lowest BCUT2D eigenvalue weighted by Crippen LogP contribution is -2.32. The topological polar surface area (TPSA) is 46.3 Å². The number of nitrogens with zero attached hydrogens (tertiary/aromatic N) is 1. The molecule has 1 rings (SSSR count). The van der Waals surface area contributed by atoms with Crippen LogP contribution in [0.25, 0.3) is 0 Å². The molecule has 1 amide bonds. The zero-order valence-electron chi connectivity index (χ0n) is 8.34. The molecule has 2 N–H and O–H groups in total. The number of likely N-dealkylation sites (N-methyl/N-ethyl adjacent to an activating group) is 1. The van der Waals surface area contributed by atoms with Crippen molar-refractivity contribution in [2.75, 3.05) is 20.1 Å². The fourth-order valence-corrected chi connectivity index (χ4v) is 1.16. The molecule has 0 aromatic heterocycles. The highest BCUT2D eigenvalue weighted by Gasteiger charge is 2.15. The summed E-state index contributed by atoms with van der Waals surface area (Å²) in [5.74, 6) is -2.06. The summed E-state index contributed by atoms with van der Waals surface area (Å²) in [5.41, 5.74) is 5.11. The van der Waals surface area contributed by atoms with Gasteiger partial charge in [0.25, 0.3) is 5.91 Å². The molecule has 0 bridgehead atoms. The Kier molecular flexibility index (Phi) is 3.74. The van der Waals surface area contributed by atoms with E-state index in [0.29, 0.717) is 19.2 Å². The van der Waals surface area contributed by atoms with Crippen LogP contribution in [0.3, 0.4) is 0 Å². The first-order valence-corrected chi connectivity index (χ1v) is 4.47.